The molecular weight excluding hydrogens is 518 g/mol. The normalized spacial score (nSPS) is 19.9. The van der Waals surface area contributed by atoms with Crippen LogP contribution in [0, 0.1) is 5.92 Å². The number of ketones is 1. The number of ether oxygens (including phenoxy) is 2. The molecule has 2 N–H and O–H groups in total. The van der Waals surface area contributed by atoms with Crippen molar-refractivity contribution in [2.45, 2.75) is 42.4 Å². The van der Waals surface area contributed by atoms with Crippen LogP contribution < -0.4 is 15.2 Å². The number of rotatable bonds is 8. The van der Waals surface area contributed by atoms with Gasteiger partial charge >= 0.3 is 0 Å². The first-order valence-corrected chi connectivity index (χ1v) is 14.5. The molecule has 6 rings (SSSR count). The molecule has 2 aromatic carbocycles. The summed E-state index contributed by atoms with van der Waals surface area (Å²) in [5.74, 6) is 0.537. The molecule has 1 amide bonds. The number of aromatic nitrogens is 1. The van der Waals surface area contributed by atoms with Crippen molar-refractivity contribution in [3.05, 3.63) is 71.9 Å². The number of carbonyl (C=O) groups excluding carboxylic acids is 2. The second-order valence-electron chi connectivity index (χ2n) is 10.4. The number of amides is 1. The van der Waals surface area contributed by atoms with Crippen LogP contribution in [0.25, 0.3) is 11.3 Å². The number of benzene rings is 2. The summed E-state index contributed by atoms with van der Waals surface area (Å²) >= 11 is 0. The van der Waals surface area contributed by atoms with Crippen molar-refractivity contribution in [3.63, 3.8) is 0 Å². The maximum absolute atomic E-state index is 13.4. The minimum Gasteiger partial charge on any atom is -0.454 e. The average Bonchev–Trinajstić information content (AvgIpc) is 3.64. The molecule has 202 valence electrons. The first-order valence-electron chi connectivity index (χ1n) is 13.1. The summed E-state index contributed by atoms with van der Waals surface area (Å²) < 4.78 is 38.6. The molecule has 1 saturated carbocycles. The van der Waals surface area contributed by atoms with Gasteiger partial charge < -0.3 is 15.2 Å². The molecular formula is C29H29N3O6S. The maximum Gasteiger partial charge on any atom is 0.243 e. The molecule has 1 unspecified atom stereocenters. The number of Topliss-reactive ketones (excluding diaryl/α,β-unsaturated/α-hetero) is 1. The zero-order valence-corrected chi connectivity index (χ0v) is 22.2. The molecule has 1 aromatic heterocycles. The van der Waals surface area contributed by atoms with Crippen LogP contribution in [0.1, 0.15) is 36.9 Å². The highest BCUT2D eigenvalue weighted by atomic mass is 32.2. The van der Waals surface area contributed by atoms with Crippen LogP contribution in [-0.2, 0) is 31.4 Å². The molecule has 10 heteroatoms. The van der Waals surface area contributed by atoms with Gasteiger partial charge in [0.2, 0.25) is 22.7 Å². The Bertz CT molecular complexity index is 1550. The Morgan fingerprint density at radius 2 is 1.79 bits per heavy atom. The van der Waals surface area contributed by atoms with Crippen LogP contribution in [0.5, 0.6) is 11.5 Å². The number of sulfonamides is 1. The lowest BCUT2D eigenvalue weighted by molar-refractivity contribution is -0.123. The van der Waals surface area contributed by atoms with E-state index in [0.29, 0.717) is 42.3 Å². The topological polar surface area (TPSA) is 129 Å². The van der Waals surface area contributed by atoms with Gasteiger partial charge in [-0.1, -0.05) is 24.3 Å². The van der Waals surface area contributed by atoms with Gasteiger partial charge in [-0.25, -0.2) is 8.42 Å². The van der Waals surface area contributed by atoms with Crippen molar-refractivity contribution in [3.8, 4) is 22.8 Å². The third-order valence-corrected chi connectivity index (χ3v) is 9.81. The van der Waals surface area contributed by atoms with E-state index in [2.05, 4.69) is 0 Å². The smallest absolute Gasteiger partial charge is 0.243 e. The predicted molar refractivity (Wildman–Crippen MR) is 143 cm³/mol. The number of carbonyl (C=O) groups is 2. The Labute approximate surface area is 227 Å². The van der Waals surface area contributed by atoms with Gasteiger partial charge in [0, 0.05) is 30.8 Å². The van der Waals surface area contributed by atoms with Crippen molar-refractivity contribution >= 4 is 21.7 Å². The van der Waals surface area contributed by atoms with Gasteiger partial charge in [-0.2, -0.15) is 4.31 Å². The van der Waals surface area contributed by atoms with E-state index in [4.69, 9.17) is 20.2 Å². The molecule has 0 radical (unpaired) electrons. The fourth-order valence-corrected chi connectivity index (χ4v) is 6.98. The van der Waals surface area contributed by atoms with Crippen LogP contribution in [0.15, 0.2) is 65.6 Å². The zero-order valence-electron chi connectivity index (χ0n) is 21.3. The quantitative estimate of drug-likeness (QED) is 0.459. The van der Waals surface area contributed by atoms with E-state index in [1.54, 1.807) is 24.3 Å². The Kier molecular flexibility index (Phi) is 6.39. The average molecular weight is 548 g/mol. The van der Waals surface area contributed by atoms with Gasteiger partial charge in [-0.3, -0.25) is 14.6 Å². The molecule has 39 heavy (non-hydrogen) atoms. The van der Waals surface area contributed by atoms with Gasteiger partial charge in [0.1, 0.15) is 5.78 Å². The fourth-order valence-electron chi connectivity index (χ4n) is 5.46. The number of piperidine rings is 1. The first-order chi connectivity index (χ1) is 18.8. The second-order valence-corrected chi connectivity index (χ2v) is 12.3. The van der Waals surface area contributed by atoms with Gasteiger partial charge in [0.25, 0.3) is 0 Å². The van der Waals surface area contributed by atoms with Crippen LogP contribution in [-0.4, -0.2) is 49.3 Å². The first kappa shape index (κ1) is 25.5. The van der Waals surface area contributed by atoms with Gasteiger partial charge in [0.15, 0.2) is 11.5 Å². The molecule has 2 aliphatic heterocycles. The van der Waals surface area contributed by atoms with E-state index in [-0.39, 0.29) is 30.4 Å². The van der Waals surface area contributed by atoms with Gasteiger partial charge in [-0.05, 0) is 67.6 Å². The van der Waals surface area contributed by atoms with E-state index in [1.165, 1.54) is 4.31 Å². The van der Waals surface area contributed by atoms with Gasteiger partial charge in [-0.15, -0.1) is 0 Å². The minimum atomic E-state index is -3.75. The van der Waals surface area contributed by atoms with Crippen molar-refractivity contribution in [2.24, 2.45) is 11.7 Å². The lowest BCUT2D eigenvalue weighted by Crippen LogP contribution is -2.44. The molecule has 1 saturated heterocycles. The summed E-state index contributed by atoms with van der Waals surface area (Å²) in [5.41, 5.74) is 7.90. The summed E-state index contributed by atoms with van der Waals surface area (Å²) in [6.07, 6.45) is 2.97. The number of pyridine rings is 1. The molecule has 0 bridgehead atoms. The molecule has 3 aromatic rings. The number of fused-ring (bicyclic) bond motifs is 1. The summed E-state index contributed by atoms with van der Waals surface area (Å²) in [4.78, 5) is 29.9. The zero-order chi connectivity index (χ0) is 27.2. The summed E-state index contributed by atoms with van der Waals surface area (Å²) in [6, 6.07) is 17.8. The van der Waals surface area contributed by atoms with E-state index >= 15 is 0 Å². The second kappa shape index (κ2) is 9.77. The monoisotopic (exact) mass is 547 g/mol. The maximum atomic E-state index is 13.4. The molecule has 2 fully saturated rings. The van der Waals surface area contributed by atoms with E-state index in [9.17, 15) is 18.0 Å². The Hall–Kier alpha value is -3.76. The van der Waals surface area contributed by atoms with Crippen molar-refractivity contribution < 1.29 is 27.5 Å². The third kappa shape index (κ3) is 4.79. The van der Waals surface area contributed by atoms with Crippen molar-refractivity contribution in [1.29, 1.82) is 0 Å². The van der Waals surface area contributed by atoms with Crippen molar-refractivity contribution in [1.82, 2.24) is 9.29 Å². The lowest BCUT2D eigenvalue weighted by atomic mass is 9.88. The van der Waals surface area contributed by atoms with E-state index in [0.717, 1.165) is 24.0 Å². The van der Waals surface area contributed by atoms with Gasteiger partial charge in [0.05, 0.1) is 21.9 Å². The largest absolute Gasteiger partial charge is 0.454 e. The highest BCUT2D eigenvalue weighted by Crippen LogP contribution is 2.51. The fraction of sp³-hybridized carbons (Fsp3) is 0.345. The molecule has 1 atom stereocenters. The van der Waals surface area contributed by atoms with E-state index in [1.807, 2.05) is 36.4 Å². The summed E-state index contributed by atoms with van der Waals surface area (Å²) in [5, 5.41) is 0. The Morgan fingerprint density at radius 3 is 2.54 bits per heavy atom. The standard InChI is InChI=1S/C29H29N3O6S/c30-28(34)20-3-2-14-32(17-20)39(35,36)23-9-6-19(7-10-23)24-5-1-4-22(31-24)16-27(33)29(12-13-29)21-8-11-25-26(15-21)38-18-37-25/h1,4-11,15,20H,2-3,12-14,16-18H2,(H2,30,34). The van der Waals surface area contributed by atoms with E-state index < -0.39 is 27.3 Å². The molecule has 9 nitrogen and oxygen atoms in total. The predicted octanol–water partition coefficient (Wildman–Crippen LogP) is 3.21. The molecule has 0 spiro atoms. The van der Waals surface area contributed by atoms with Crippen LogP contribution in [0.3, 0.4) is 0 Å². The molecule has 3 heterocycles. The lowest BCUT2D eigenvalue weighted by Gasteiger charge is -2.30. The Morgan fingerprint density at radius 1 is 1.03 bits per heavy atom. The number of hydrogen-bond acceptors (Lipinski definition) is 7. The minimum absolute atomic E-state index is 0.102. The summed E-state index contributed by atoms with van der Waals surface area (Å²) in [7, 11) is -3.75. The number of hydrogen-bond donors (Lipinski definition) is 1. The van der Waals surface area contributed by atoms with Crippen LogP contribution in [0.4, 0.5) is 0 Å². The third-order valence-electron chi connectivity index (χ3n) is 7.93. The van der Waals surface area contributed by atoms with Crippen LogP contribution >= 0.6 is 0 Å². The molecule has 1 aliphatic carbocycles. The Balaban J connectivity index is 1.17. The number of nitrogens with zero attached hydrogens (tertiary/aromatic N) is 2. The van der Waals surface area contributed by atoms with Crippen LogP contribution in [0.2, 0.25) is 0 Å². The number of nitrogens with two attached hydrogens (primary N) is 1. The number of primary amides is 1. The summed E-state index contributed by atoms with van der Waals surface area (Å²) in [6.45, 7) is 0.654. The molecule has 3 aliphatic rings. The SMILES string of the molecule is NC(=O)C1CCCN(S(=O)(=O)c2ccc(-c3cccc(CC(=O)C4(c5ccc6c(c5)OCO6)CC4)n3)cc2)C1. The highest BCUT2D eigenvalue weighted by Gasteiger charge is 2.51. The van der Waals surface area contributed by atoms with Crippen molar-refractivity contribution in [2.75, 3.05) is 19.9 Å². The highest BCUT2D eigenvalue weighted by molar-refractivity contribution is 7.89.